The maximum absolute atomic E-state index is 4.49. The Hall–Kier alpha value is -0.410. The fraction of sp³-hybridized carbons (Fsp3) is 0.769. The van der Waals surface area contributed by atoms with Gasteiger partial charge in [0.15, 0.2) is 0 Å². The lowest BCUT2D eigenvalue weighted by atomic mass is 9.84. The molecule has 1 heterocycles. The molecule has 2 unspecified atom stereocenters. The monoisotopic (exact) mass is 238 g/mol. The molecule has 2 atom stereocenters. The van der Waals surface area contributed by atoms with Crippen LogP contribution in [0.15, 0.2) is 5.38 Å². The maximum Gasteiger partial charge on any atom is 0.107 e. The third-order valence-electron chi connectivity index (χ3n) is 3.57. The Bertz CT molecular complexity index is 321. The van der Waals surface area contributed by atoms with E-state index in [-0.39, 0.29) is 0 Å². The summed E-state index contributed by atoms with van der Waals surface area (Å²) in [6.45, 7) is 5.34. The molecule has 16 heavy (non-hydrogen) atoms. The highest BCUT2D eigenvalue weighted by molar-refractivity contribution is 7.09. The highest BCUT2D eigenvalue weighted by atomic mass is 32.1. The number of hydrogen-bond acceptors (Lipinski definition) is 3. The lowest BCUT2D eigenvalue weighted by Crippen LogP contribution is -2.33. The van der Waals surface area contributed by atoms with Gasteiger partial charge in [-0.15, -0.1) is 11.3 Å². The van der Waals surface area contributed by atoms with Crippen molar-refractivity contribution in [1.82, 2.24) is 10.3 Å². The van der Waals surface area contributed by atoms with Crippen LogP contribution in [0, 0.1) is 12.8 Å². The van der Waals surface area contributed by atoms with Gasteiger partial charge in [0, 0.05) is 23.7 Å². The molecule has 90 valence electrons. The summed E-state index contributed by atoms with van der Waals surface area (Å²) in [7, 11) is 0. The summed E-state index contributed by atoms with van der Waals surface area (Å²) in [4.78, 5) is 4.49. The predicted octanol–water partition coefficient (Wildman–Crippen LogP) is 3.51. The normalized spacial score (nSPS) is 25.9. The van der Waals surface area contributed by atoms with Gasteiger partial charge in [-0.3, -0.25) is 0 Å². The van der Waals surface area contributed by atoms with Crippen LogP contribution in [0.1, 0.15) is 49.7 Å². The standard InChI is InChI=1S/C13H22N2S/c1-3-11-5-4-6-12(7-11)14-8-13-15-10(2)9-16-13/h9,11-12,14H,3-8H2,1-2H3. The molecule has 2 nitrogen and oxygen atoms in total. The van der Waals surface area contributed by atoms with Gasteiger partial charge >= 0.3 is 0 Å². The molecule has 0 radical (unpaired) electrons. The molecule has 0 amide bonds. The number of aromatic nitrogens is 1. The Labute approximate surface area is 102 Å². The van der Waals surface area contributed by atoms with E-state index >= 15 is 0 Å². The van der Waals surface area contributed by atoms with Crippen molar-refractivity contribution in [3.63, 3.8) is 0 Å². The molecule has 2 rings (SSSR count). The topological polar surface area (TPSA) is 24.9 Å². The lowest BCUT2D eigenvalue weighted by molar-refractivity contribution is 0.278. The van der Waals surface area contributed by atoms with Gasteiger partial charge in [0.25, 0.3) is 0 Å². The molecule has 1 aromatic heterocycles. The van der Waals surface area contributed by atoms with E-state index in [2.05, 4.69) is 29.5 Å². The zero-order chi connectivity index (χ0) is 11.4. The van der Waals surface area contributed by atoms with Gasteiger partial charge < -0.3 is 5.32 Å². The van der Waals surface area contributed by atoms with Crippen molar-refractivity contribution in [2.45, 2.75) is 58.5 Å². The first kappa shape index (κ1) is 12.1. The number of thiazole rings is 1. The van der Waals surface area contributed by atoms with Crippen molar-refractivity contribution in [1.29, 1.82) is 0 Å². The van der Waals surface area contributed by atoms with Crippen molar-refractivity contribution >= 4 is 11.3 Å². The second-order valence-corrected chi connectivity index (χ2v) is 5.84. The smallest absolute Gasteiger partial charge is 0.107 e. The van der Waals surface area contributed by atoms with Gasteiger partial charge in [-0.05, 0) is 25.7 Å². The first-order valence-corrected chi connectivity index (χ1v) is 7.30. The molecule has 1 fully saturated rings. The van der Waals surface area contributed by atoms with Crippen molar-refractivity contribution in [2.75, 3.05) is 0 Å². The maximum atomic E-state index is 4.49. The second kappa shape index (κ2) is 5.78. The van der Waals surface area contributed by atoms with E-state index < -0.39 is 0 Å². The summed E-state index contributed by atoms with van der Waals surface area (Å²) in [6.07, 6.45) is 6.88. The average molecular weight is 238 g/mol. The Balaban J connectivity index is 1.77. The SMILES string of the molecule is CCC1CCCC(NCc2nc(C)cs2)C1. The van der Waals surface area contributed by atoms with Crippen LogP contribution in [-0.2, 0) is 6.54 Å². The first-order chi connectivity index (χ1) is 7.78. The summed E-state index contributed by atoms with van der Waals surface area (Å²) < 4.78 is 0. The highest BCUT2D eigenvalue weighted by Gasteiger charge is 2.20. The molecule has 3 heteroatoms. The number of aryl methyl sites for hydroxylation is 1. The van der Waals surface area contributed by atoms with E-state index in [0.29, 0.717) is 0 Å². The zero-order valence-electron chi connectivity index (χ0n) is 10.3. The lowest BCUT2D eigenvalue weighted by Gasteiger charge is -2.28. The molecular formula is C13H22N2S. The van der Waals surface area contributed by atoms with Crippen molar-refractivity contribution in [2.24, 2.45) is 5.92 Å². The minimum Gasteiger partial charge on any atom is -0.308 e. The number of nitrogens with zero attached hydrogens (tertiary/aromatic N) is 1. The Morgan fingerprint density at radius 2 is 2.38 bits per heavy atom. The Morgan fingerprint density at radius 3 is 3.06 bits per heavy atom. The third kappa shape index (κ3) is 3.29. The average Bonchev–Trinajstić information content (AvgIpc) is 2.73. The molecule has 0 bridgehead atoms. The van der Waals surface area contributed by atoms with Crippen LogP contribution in [0.4, 0.5) is 0 Å². The molecule has 0 spiro atoms. The van der Waals surface area contributed by atoms with E-state index in [9.17, 15) is 0 Å². The van der Waals surface area contributed by atoms with Crippen molar-refractivity contribution < 1.29 is 0 Å². The molecule has 1 N–H and O–H groups in total. The van der Waals surface area contributed by atoms with Crippen LogP contribution in [0.5, 0.6) is 0 Å². The molecule has 1 aliphatic carbocycles. The predicted molar refractivity (Wildman–Crippen MR) is 69.7 cm³/mol. The van der Waals surface area contributed by atoms with Crippen LogP contribution < -0.4 is 5.32 Å². The molecule has 0 saturated heterocycles. The van der Waals surface area contributed by atoms with Crippen LogP contribution in [0.2, 0.25) is 0 Å². The molecule has 1 aromatic rings. The number of hydrogen-bond donors (Lipinski definition) is 1. The molecule has 1 aliphatic rings. The third-order valence-corrected chi connectivity index (χ3v) is 4.54. The molecule has 1 saturated carbocycles. The number of rotatable bonds is 4. The quantitative estimate of drug-likeness (QED) is 0.868. The Morgan fingerprint density at radius 1 is 1.50 bits per heavy atom. The van der Waals surface area contributed by atoms with Crippen LogP contribution in [0.3, 0.4) is 0 Å². The summed E-state index contributed by atoms with van der Waals surface area (Å²) in [6, 6.07) is 0.725. The van der Waals surface area contributed by atoms with Crippen LogP contribution in [0.25, 0.3) is 0 Å². The second-order valence-electron chi connectivity index (χ2n) is 4.90. The first-order valence-electron chi connectivity index (χ1n) is 6.42. The van der Waals surface area contributed by atoms with E-state index in [1.807, 2.05) is 0 Å². The fourth-order valence-electron chi connectivity index (χ4n) is 2.56. The van der Waals surface area contributed by atoms with Crippen molar-refractivity contribution in [3.8, 4) is 0 Å². The van der Waals surface area contributed by atoms with E-state index in [0.717, 1.165) is 24.2 Å². The molecule has 0 aliphatic heterocycles. The van der Waals surface area contributed by atoms with Gasteiger partial charge in [-0.25, -0.2) is 4.98 Å². The Kier molecular flexibility index (Phi) is 4.36. The summed E-state index contributed by atoms with van der Waals surface area (Å²) in [5.74, 6) is 0.948. The summed E-state index contributed by atoms with van der Waals surface area (Å²) >= 11 is 1.77. The fourth-order valence-corrected chi connectivity index (χ4v) is 3.29. The van der Waals surface area contributed by atoms with Crippen LogP contribution in [-0.4, -0.2) is 11.0 Å². The van der Waals surface area contributed by atoms with Gasteiger partial charge in [-0.2, -0.15) is 0 Å². The van der Waals surface area contributed by atoms with Gasteiger partial charge in [0.1, 0.15) is 5.01 Å². The van der Waals surface area contributed by atoms with Crippen molar-refractivity contribution in [3.05, 3.63) is 16.1 Å². The minimum absolute atomic E-state index is 0.725. The van der Waals surface area contributed by atoms with Crippen LogP contribution >= 0.6 is 11.3 Å². The summed E-state index contributed by atoms with van der Waals surface area (Å²) in [5.41, 5.74) is 1.15. The van der Waals surface area contributed by atoms with E-state index in [1.54, 1.807) is 11.3 Å². The van der Waals surface area contributed by atoms with Gasteiger partial charge in [-0.1, -0.05) is 26.2 Å². The number of nitrogens with one attached hydrogen (secondary N) is 1. The molecular weight excluding hydrogens is 216 g/mol. The van der Waals surface area contributed by atoms with Gasteiger partial charge in [0.2, 0.25) is 0 Å². The van der Waals surface area contributed by atoms with E-state index in [1.165, 1.54) is 37.1 Å². The summed E-state index contributed by atoms with van der Waals surface area (Å²) in [5, 5.41) is 7.03. The zero-order valence-corrected chi connectivity index (χ0v) is 11.1. The van der Waals surface area contributed by atoms with E-state index in [4.69, 9.17) is 0 Å². The highest BCUT2D eigenvalue weighted by Crippen LogP contribution is 2.26. The molecule has 0 aromatic carbocycles. The minimum atomic E-state index is 0.725. The largest absolute Gasteiger partial charge is 0.308 e. The van der Waals surface area contributed by atoms with Gasteiger partial charge in [0.05, 0.1) is 0 Å².